The highest BCUT2D eigenvalue weighted by atomic mass is 16.5. The lowest BCUT2D eigenvalue weighted by Crippen LogP contribution is -2.34. The van der Waals surface area contributed by atoms with Crippen LogP contribution < -0.4 is 4.74 Å². The van der Waals surface area contributed by atoms with Gasteiger partial charge in [-0.15, -0.1) is 0 Å². The largest absolute Gasteiger partial charge is 0.484 e. The number of carbonyl (C=O) groups is 1. The molecule has 23 heavy (non-hydrogen) atoms. The average Bonchev–Trinajstić information content (AvgIpc) is 3.27. The van der Waals surface area contributed by atoms with Crippen LogP contribution in [0.2, 0.25) is 0 Å². The number of amides is 1. The van der Waals surface area contributed by atoms with Crippen LogP contribution in [-0.4, -0.2) is 43.2 Å². The monoisotopic (exact) mass is 317 g/mol. The van der Waals surface area contributed by atoms with Gasteiger partial charge in [-0.05, 0) is 48.8 Å². The highest BCUT2D eigenvalue weighted by molar-refractivity contribution is 5.78. The highest BCUT2D eigenvalue weighted by Crippen LogP contribution is 2.30. The summed E-state index contributed by atoms with van der Waals surface area (Å²) in [5, 5.41) is 0. The maximum absolute atomic E-state index is 12.2. The van der Waals surface area contributed by atoms with Crippen molar-refractivity contribution in [2.75, 3.05) is 26.3 Å². The van der Waals surface area contributed by atoms with Gasteiger partial charge in [0.1, 0.15) is 5.75 Å². The summed E-state index contributed by atoms with van der Waals surface area (Å²) in [5.74, 6) is 2.08. The topological polar surface area (TPSA) is 38.8 Å². The molecule has 1 saturated heterocycles. The first-order chi connectivity index (χ1) is 11.1. The Bertz CT molecular complexity index is 522. The van der Waals surface area contributed by atoms with Crippen molar-refractivity contribution in [1.82, 2.24) is 4.90 Å². The Hall–Kier alpha value is -1.55. The van der Waals surface area contributed by atoms with Crippen molar-refractivity contribution in [3.05, 3.63) is 29.8 Å². The molecule has 3 rings (SSSR count). The molecule has 0 aromatic heterocycles. The molecular weight excluding hydrogens is 290 g/mol. The Morgan fingerprint density at radius 1 is 1.22 bits per heavy atom. The van der Waals surface area contributed by atoms with Crippen LogP contribution in [0.15, 0.2) is 24.3 Å². The Morgan fingerprint density at radius 3 is 2.61 bits per heavy atom. The molecule has 1 amide bonds. The number of nitrogens with zero attached hydrogens (tertiary/aromatic N) is 1. The molecule has 1 atom stereocenters. The normalized spacial score (nSPS) is 21.0. The van der Waals surface area contributed by atoms with E-state index in [2.05, 4.69) is 26.0 Å². The fourth-order valence-corrected chi connectivity index (χ4v) is 2.83. The van der Waals surface area contributed by atoms with Gasteiger partial charge in [-0.3, -0.25) is 4.79 Å². The van der Waals surface area contributed by atoms with Crippen molar-refractivity contribution in [2.24, 2.45) is 5.92 Å². The average molecular weight is 317 g/mol. The Balaban J connectivity index is 1.40. The van der Waals surface area contributed by atoms with Crippen LogP contribution in [0.25, 0.3) is 0 Å². The third kappa shape index (κ3) is 4.71. The molecule has 4 heteroatoms. The molecule has 2 fully saturated rings. The minimum Gasteiger partial charge on any atom is -0.484 e. The molecule has 1 aliphatic carbocycles. The standard InChI is InChI=1S/C19H27NO3/c1-14(2)16-5-7-17(8-6-16)23-13-19(21)20-10-9-18(11-20)22-12-15-3-4-15/h5-8,14-15,18H,3-4,9-13H2,1-2H3. The lowest BCUT2D eigenvalue weighted by atomic mass is 10.0. The Kier molecular flexibility index (Phi) is 5.21. The quantitative estimate of drug-likeness (QED) is 0.775. The first-order valence-corrected chi connectivity index (χ1v) is 8.74. The molecule has 1 aromatic rings. The number of likely N-dealkylation sites (tertiary alicyclic amines) is 1. The molecular formula is C19H27NO3. The molecule has 0 bridgehead atoms. The number of carbonyl (C=O) groups excluding carboxylic acids is 1. The predicted molar refractivity (Wildman–Crippen MR) is 89.7 cm³/mol. The smallest absolute Gasteiger partial charge is 0.260 e. The third-order valence-corrected chi connectivity index (χ3v) is 4.67. The maximum atomic E-state index is 12.2. The van der Waals surface area contributed by atoms with Gasteiger partial charge in [0.2, 0.25) is 0 Å². The summed E-state index contributed by atoms with van der Waals surface area (Å²) < 4.78 is 11.5. The molecule has 1 aliphatic heterocycles. The van der Waals surface area contributed by atoms with Crippen LogP contribution in [0, 0.1) is 5.92 Å². The Morgan fingerprint density at radius 2 is 1.96 bits per heavy atom. The van der Waals surface area contributed by atoms with Crippen molar-refractivity contribution in [2.45, 2.75) is 45.1 Å². The van der Waals surface area contributed by atoms with Gasteiger partial charge in [-0.25, -0.2) is 0 Å². The van der Waals surface area contributed by atoms with E-state index < -0.39 is 0 Å². The summed E-state index contributed by atoms with van der Waals surface area (Å²) in [7, 11) is 0. The van der Waals surface area contributed by atoms with Crippen LogP contribution in [0.4, 0.5) is 0 Å². The van der Waals surface area contributed by atoms with E-state index in [0.29, 0.717) is 12.5 Å². The van der Waals surface area contributed by atoms with Crippen molar-refractivity contribution in [3.63, 3.8) is 0 Å². The molecule has 1 saturated carbocycles. The number of hydrogen-bond donors (Lipinski definition) is 0. The van der Waals surface area contributed by atoms with Crippen molar-refractivity contribution in [1.29, 1.82) is 0 Å². The van der Waals surface area contributed by atoms with Crippen LogP contribution in [0.5, 0.6) is 5.75 Å². The van der Waals surface area contributed by atoms with Gasteiger partial charge in [-0.2, -0.15) is 0 Å². The fourth-order valence-electron chi connectivity index (χ4n) is 2.83. The molecule has 0 radical (unpaired) electrons. The molecule has 1 aromatic carbocycles. The Labute approximate surface area is 138 Å². The zero-order valence-corrected chi connectivity index (χ0v) is 14.2. The van der Waals surface area contributed by atoms with Crippen molar-refractivity contribution in [3.8, 4) is 5.75 Å². The zero-order valence-electron chi connectivity index (χ0n) is 14.2. The van der Waals surface area contributed by atoms with E-state index in [4.69, 9.17) is 9.47 Å². The van der Waals surface area contributed by atoms with Crippen LogP contribution in [0.3, 0.4) is 0 Å². The summed E-state index contributed by atoms with van der Waals surface area (Å²) in [6.07, 6.45) is 3.77. The van der Waals surface area contributed by atoms with Gasteiger partial charge >= 0.3 is 0 Å². The number of ether oxygens (including phenoxy) is 2. The predicted octanol–water partition coefficient (Wildman–Crippen LogP) is 3.22. The van der Waals surface area contributed by atoms with Crippen molar-refractivity contribution < 1.29 is 14.3 Å². The second kappa shape index (κ2) is 7.35. The summed E-state index contributed by atoms with van der Waals surface area (Å²) in [5.41, 5.74) is 1.28. The van der Waals surface area contributed by atoms with Gasteiger partial charge < -0.3 is 14.4 Å². The van der Waals surface area contributed by atoms with Gasteiger partial charge in [0.15, 0.2) is 6.61 Å². The van der Waals surface area contributed by atoms with E-state index in [1.54, 1.807) is 0 Å². The number of hydrogen-bond acceptors (Lipinski definition) is 3. The summed E-state index contributed by atoms with van der Waals surface area (Å²) in [6, 6.07) is 7.99. The first kappa shape index (κ1) is 16.3. The van der Waals surface area contributed by atoms with Crippen LogP contribution >= 0.6 is 0 Å². The SMILES string of the molecule is CC(C)c1ccc(OCC(=O)N2CCC(OCC3CC3)C2)cc1. The number of benzene rings is 1. The van der Waals surface area contributed by atoms with Crippen molar-refractivity contribution >= 4 is 5.91 Å². The first-order valence-electron chi connectivity index (χ1n) is 8.74. The van der Waals surface area contributed by atoms with Gasteiger partial charge in [0.05, 0.1) is 6.10 Å². The molecule has 4 nitrogen and oxygen atoms in total. The van der Waals surface area contributed by atoms with Crippen LogP contribution in [-0.2, 0) is 9.53 Å². The van der Waals surface area contributed by atoms with E-state index in [1.807, 2.05) is 17.0 Å². The molecule has 1 heterocycles. The molecule has 1 unspecified atom stereocenters. The lowest BCUT2D eigenvalue weighted by molar-refractivity contribution is -0.132. The summed E-state index contributed by atoms with van der Waals surface area (Å²) >= 11 is 0. The lowest BCUT2D eigenvalue weighted by Gasteiger charge is -2.17. The molecule has 2 aliphatic rings. The van der Waals surface area contributed by atoms with Gasteiger partial charge in [0.25, 0.3) is 5.91 Å². The second-order valence-corrected chi connectivity index (χ2v) is 7.04. The van der Waals surface area contributed by atoms with E-state index in [-0.39, 0.29) is 18.6 Å². The number of rotatable bonds is 7. The molecule has 0 spiro atoms. The molecule has 0 N–H and O–H groups in total. The van der Waals surface area contributed by atoms with E-state index in [1.165, 1.54) is 18.4 Å². The van der Waals surface area contributed by atoms with Gasteiger partial charge in [0, 0.05) is 19.7 Å². The van der Waals surface area contributed by atoms with E-state index >= 15 is 0 Å². The van der Waals surface area contributed by atoms with E-state index in [0.717, 1.165) is 31.2 Å². The highest BCUT2D eigenvalue weighted by Gasteiger charge is 2.29. The second-order valence-electron chi connectivity index (χ2n) is 7.04. The molecule has 126 valence electrons. The van der Waals surface area contributed by atoms with Gasteiger partial charge in [-0.1, -0.05) is 26.0 Å². The maximum Gasteiger partial charge on any atom is 0.260 e. The fraction of sp³-hybridized carbons (Fsp3) is 0.632. The van der Waals surface area contributed by atoms with Crippen LogP contribution in [0.1, 0.15) is 44.6 Å². The zero-order chi connectivity index (χ0) is 16.2. The minimum atomic E-state index is 0.0514. The summed E-state index contributed by atoms with van der Waals surface area (Å²) in [6.45, 7) is 6.79. The minimum absolute atomic E-state index is 0.0514. The van der Waals surface area contributed by atoms with E-state index in [9.17, 15) is 4.79 Å². The summed E-state index contributed by atoms with van der Waals surface area (Å²) in [4.78, 5) is 14.1. The third-order valence-electron chi connectivity index (χ3n) is 4.67.